The Balaban J connectivity index is 1.75. The quantitative estimate of drug-likeness (QED) is 0.217. The molecule has 2 aliphatic rings. The summed E-state index contributed by atoms with van der Waals surface area (Å²) in [6, 6.07) is 0.754. The molecule has 0 saturated carbocycles. The smallest absolute Gasteiger partial charge is 0.352 e. The van der Waals surface area contributed by atoms with E-state index >= 15 is 0 Å². The maximum Gasteiger partial charge on any atom is 0.352 e. The highest BCUT2D eigenvalue weighted by atomic mass is 32.2. The number of hydrogen-bond donors (Lipinski definition) is 3. The Morgan fingerprint density at radius 3 is 2.80 bits per heavy atom. The Labute approximate surface area is 177 Å². The highest BCUT2D eigenvalue weighted by molar-refractivity contribution is 8.01. The second-order valence-corrected chi connectivity index (χ2v) is 9.48. The van der Waals surface area contributed by atoms with E-state index in [2.05, 4.69) is 20.8 Å². The normalized spacial score (nSPS) is 20.9. The fraction of sp³-hybridized carbons (Fsp3) is 0.462. The Hall–Kier alpha value is -2.68. The van der Waals surface area contributed by atoms with Crippen molar-refractivity contribution in [2.45, 2.75) is 28.9 Å². The number of carboxylic acid groups (broad SMARTS) is 1. The second kappa shape index (κ2) is 8.59. The summed E-state index contributed by atoms with van der Waals surface area (Å²) in [4.78, 5) is 36.9. The summed E-state index contributed by atoms with van der Waals surface area (Å²) in [7, 11) is -4.38. The molecule has 3 rings (SSSR count). The molecule has 1 fully saturated rings. The third kappa shape index (κ3) is 4.56. The van der Waals surface area contributed by atoms with Crippen LogP contribution in [0.5, 0.6) is 0 Å². The lowest BCUT2D eigenvalue weighted by Crippen LogP contribution is -2.70. The number of rotatable bonds is 8. The van der Waals surface area contributed by atoms with Gasteiger partial charge in [0.25, 0.3) is 16.0 Å². The van der Waals surface area contributed by atoms with Crippen LogP contribution in [0.2, 0.25) is 0 Å². The van der Waals surface area contributed by atoms with Gasteiger partial charge < -0.3 is 10.4 Å². The zero-order valence-electron chi connectivity index (χ0n) is 14.8. The summed E-state index contributed by atoms with van der Waals surface area (Å²) >= 11 is 2.19. The van der Waals surface area contributed by atoms with E-state index in [1.54, 1.807) is 6.07 Å². The van der Waals surface area contributed by atoms with Crippen molar-refractivity contribution in [2.24, 2.45) is 0 Å². The molecule has 1 aromatic rings. The van der Waals surface area contributed by atoms with E-state index < -0.39 is 51.6 Å². The van der Waals surface area contributed by atoms with Gasteiger partial charge in [0.1, 0.15) is 23.5 Å². The highest BCUT2D eigenvalue weighted by Crippen LogP contribution is 2.41. The first kappa shape index (κ1) is 22.0. The summed E-state index contributed by atoms with van der Waals surface area (Å²) in [6.07, 6.45) is -0.414. The molecular formula is C13H13N7O7S3. The molecule has 3 heterocycles. The van der Waals surface area contributed by atoms with Crippen molar-refractivity contribution in [3.8, 4) is 6.07 Å². The number of nitriles is 1. The van der Waals surface area contributed by atoms with Gasteiger partial charge in [0.2, 0.25) is 11.1 Å². The monoisotopic (exact) mass is 475 g/mol. The van der Waals surface area contributed by atoms with Crippen LogP contribution >= 0.6 is 23.5 Å². The molecular weight excluding hydrogens is 462 g/mol. The number of carbonyl (C=O) groups is 3. The summed E-state index contributed by atoms with van der Waals surface area (Å²) in [5.41, 5.74) is 0.154. The number of aromatic nitrogens is 4. The van der Waals surface area contributed by atoms with Gasteiger partial charge in [0.15, 0.2) is 5.88 Å². The fourth-order valence-electron chi connectivity index (χ4n) is 2.78. The molecule has 30 heavy (non-hydrogen) atoms. The molecule has 1 saturated heterocycles. The number of tetrazole rings is 1. The zero-order chi connectivity index (χ0) is 22.1. The van der Waals surface area contributed by atoms with Crippen molar-refractivity contribution in [3.63, 3.8) is 0 Å². The van der Waals surface area contributed by atoms with E-state index in [-0.39, 0.29) is 22.4 Å². The predicted molar refractivity (Wildman–Crippen MR) is 100 cm³/mol. The zero-order valence-corrected chi connectivity index (χ0v) is 17.3. The van der Waals surface area contributed by atoms with Crippen molar-refractivity contribution in [1.82, 2.24) is 30.4 Å². The van der Waals surface area contributed by atoms with Crippen LogP contribution in [0.3, 0.4) is 0 Å². The van der Waals surface area contributed by atoms with Crippen molar-refractivity contribution >= 4 is 51.4 Å². The molecule has 17 heteroatoms. The molecule has 0 aromatic carbocycles. The Morgan fingerprint density at radius 2 is 2.17 bits per heavy atom. The molecule has 2 aliphatic heterocycles. The van der Waals surface area contributed by atoms with Crippen LogP contribution in [0.1, 0.15) is 6.42 Å². The molecule has 14 nitrogen and oxygen atoms in total. The fourth-order valence-corrected chi connectivity index (χ4v) is 5.70. The van der Waals surface area contributed by atoms with E-state index in [1.807, 2.05) is 0 Å². The summed E-state index contributed by atoms with van der Waals surface area (Å²) < 4.78 is 31.8. The van der Waals surface area contributed by atoms with Gasteiger partial charge in [0, 0.05) is 11.5 Å². The number of aliphatic carboxylic acids is 1. The first-order valence-electron chi connectivity index (χ1n) is 8.03. The third-order valence-electron chi connectivity index (χ3n) is 3.97. The number of carboxylic acids is 1. The first-order valence-corrected chi connectivity index (χ1v) is 11.7. The van der Waals surface area contributed by atoms with Gasteiger partial charge in [-0.15, -0.1) is 16.9 Å². The molecule has 160 valence electrons. The second-order valence-electron chi connectivity index (χ2n) is 6.01. The van der Waals surface area contributed by atoms with Crippen LogP contribution in [0.4, 0.5) is 0 Å². The van der Waals surface area contributed by atoms with Crippen LogP contribution in [0.15, 0.2) is 16.4 Å². The maximum atomic E-state index is 12.4. The van der Waals surface area contributed by atoms with Gasteiger partial charge in [0.05, 0.1) is 6.07 Å². The summed E-state index contributed by atoms with van der Waals surface area (Å²) in [6.45, 7) is 0. The largest absolute Gasteiger partial charge is 0.477 e. The van der Waals surface area contributed by atoms with E-state index in [4.69, 9.17) is 9.81 Å². The van der Waals surface area contributed by atoms with Gasteiger partial charge in [-0.1, -0.05) is 11.8 Å². The Kier molecular flexibility index (Phi) is 6.30. The molecule has 1 aromatic heterocycles. The lowest BCUT2D eigenvalue weighted by molar-refractivity contribution is -0.150. The number of nitrogens with one attached hydrogen (secondary N) is 1. The average molecular weight is 475 g/mol. The SMILES string of the molecule is N#CCC(=O)NC1C(=O)N2C(C(=O)O)=C(CSc3nnnn3CS(=O)(=O)O)CSC12. The topological polar surface area (TPSA) is 208 Å². The van der Waals surface area contributed by atoms with Gasteiger partial charge in [-0.05, 0) is 16.0 Å². The predicted octanol–water partition coefficient (Wildman–Crippen LogP) is -1.74. The molecule has 2 amide bonds. The van der Waals surface area contributed by atoms with Gasteiger partial charge in [-0.2, -0.15) is 13.7 Å². The lowest BCUT2D eigenvalue weighted by Gasteiger charge is -2.49. The van der Waals surface area contributed by atoms with Crippen molar-refractivity contribution in [2.75, 3.05) is 11.5 Å². The molecule has 2 atom stereocenters. The number of nitrogens with zero attached hydrogens (tertiary/aromatic N) is 6. The molecule has 0 radical (unpaired) electrons. The highest BCUT2D eigenvalue weighted by Gasteiger charge is 2.54. The molecule has 0 spiro atoms. The molecule has 0 aliphatic carbocycles. The van der Waals surface area contributed by atoms with Crippen molar-refractivity contribution in [3.05, 3.63) is 11.3 Å². The van der Waals surface area contributed by atoms with E-state index in [0.29, 0.717) is 5.57 Å². The van der Waals surface area contributed by atoms with Gasteiger partial charge in [-0.3, -0.25) is 19.0 Å². The summed E-state index contributed by atoms with van der Waals surface area (Å²) in [5.74, 6) is -3.14. The minimum absolute atomic E-state index is 0.0357. The lowest BCUT2D eigenvalue weighted by atomic mass is 10.0. The van der Waals surface area contributed by atoms with Crippen LogP contribution in [-0.4, -0.2) is 83.9 Å². The van der Waals surface area contributed by atoms with Crippen LogP contribution in [0, 0.1) is 11.3 Å². The maximum absolute atomic E-state index is 12.4. The molecule has 2 unspecified atom stereocenters. The standard InChI is InChI=1S/C13H13N7O7S3/c14-2-1-7(21)15-8-10(22)20-9(12(23)24)6(3-28-11(8)20)4-29-13-16-17-18-19(13)5-30(25,26)27/h8,11H,1,3-5H2,(H,15,21)(H,23,24)(H,25,26,27). The van der Waals surface area contributed by atoms with E-state index in [0.717, 1.165) is 21.3 Å². The number of amides is 2. The number of β-lactam (4-membered cyclic amide) rings is 1. The molecule has 3 N–H and O–H groups in total. The van der Waals surface area contributed by atoms with E-state index in [9.17, 15) is 27.9 Å². The average Bonchev–Trinajstić information content (AvgIpc) is 3.08. The minimum Gasteiger partial charge on any atom is -0.477 e. The Morgan fingerprint density at radius 1 is 1.43 bits per heavy atom. The van der Waals surface area contributed by atoms with Crippen LogP contribution in [0.25, 0.3) is 0 Å². The first-order chi connectivity index (χ1) is 14.1. The minimum atomic E-state index is -4.38. The number of hydrogen-bond acceptors (Lipinski definition) is 11. The Bertz CT molecular complexity index is 1080. The third-order valence-corrected chi connectivity index (χ3v) is 6.92. The number of fused-ring (bicyclic) bond motifs is 1. The van der Waals surface area contributed by atoms with Crippen molar-refractivity contribution in [1.29, 1.82) is 5.26 Å². The van der Waals surface area contributed by atoms with E-state index in [1.165, 1.54) is 11.8 Å². The summed E-state index contributed by atoms with van der Waals surface area (Å²) in [5, 5.41) is 30.4. The number of carbonyl (C=O) groups excluding carboxylic acids is 2. The van der Waals surface area contributed by atoms with Crippen LogP contribution < -0.4 is 5.32 Å². The van der Waals surface area contributed by atoms with Crippen LogP contribution in [-0.2, 0) is 30.4 Å². The number of thioether (sulfide) groups is 2. The molecule has 0 bridgehead atoms. The van der Waals surface area contributed by atoms with Gasteiger partial charge in [-0.25, -0.2) is 9.48 Å². The van der Waals surface area contributed by atoms with Gasteiger partial charge >= 0.3 is 5.97 Å². The van der Waals surface area contributed by atoms with Crippen molar-refractivity contribution < 1.29 is 32.5 Å².